The number of piperazine rings is 1. The molecule has 2 N–H and O–H groups in total. The Hall–Kier alpha value is -4.05. The lowest BCUT2D eigenvalue weighted by molar-refractivity contribution is -0.134. The fourth-order valence-corrected chi connectivity index (χ4v) is 3.55. The molecule has 0 saturated carbocycles. The molecule has 2 aromatic heterocycles. The number of aliphatic carboxylic acids is 2. The molecule has 3 heterocycles. The topological polar surface area (TPSA) is 125 Å². The van der Waals surface area contributed by atoms with E-state index in [1.54, 1.807) is 12.4 Å². The zero-order chi connectivity index (χ0) is 24.5. The summed E-state index contributed by atoms with van der Waals surface area (Å²) in [5.74, 6) is -1.53. The number of hydrogen-bond donors (Lipinski definition) is 2. The number of carboxylic acid groups (broad SMARTS) is 2. The lowest BCUT2D eigenvalue weighted by Crippen LogP contribution is -2.46. The van der Waals surface area contributed by atoms with Gasteiger partial charge < -0.3 is 15.1 Å². The summed E-state index contributed by atoms with van der Waals surface area (Å²) in [6.07, 6.45) is 8.71. The van der Waals surface area contributed by atoms with Crippen molar-refractivity contribution < 1.29 is 19.8 Å². The van der Waals surface area contributed by atoms with Crippen LogP contribution in [0.1, 0.15) is 11.1 Å². The van der Waals surface area contributed by atoms with Crippen molar-refractivity contribution in [1.29, 1.82) is 0 Å². The maximum atomic E-state index is 9.55. The van der Waals surface area contributed by atoms with Gasteiger partial charge in [0.2, 0.25) is 0 Å². The minimum absolute atomic E-state index is 0.558. The first-order valence-corrected chi connectivity index (χ1v) is 10.8. The number of nitrogens with zero attached hydrogens (tertiary/aromatic N) is 6. The highest BCUT2D eigenvalue weighted by Crippen LogP contribution is 2.27. The third kappa shape index (κ3) is 7.24. The number of aromatic nitrogens is 4. The van der Waals surface area contributed by atoms with E-state index in [4.69, 9.17) is 10.2 Å². The first-order chi connectivity index (χ1) is 16.3. The Labute approximate surface area is 197 Å². The standard InChI is InChI=1S/C20H24N6.C4H4O4/c1-16-3-5-18(6-4-16)19-20(22-8-7-21-19)26-11-9-25(10-12-26)15-17-13-23-24(2)14-17;5-3(6)1-2-4(7)8/h3-8,13-14H,9-12,15H2,1-2H3;1-2H,(H,5,6)(H,7,8). The zero-order valence-corrected chi connectivity index (χ0v) is 19.2. The van der Waals surface area contributed by atoms with Gasteiger partial charge in [-0.1, -0.05) is 29.8 Å². The van der Waals surface area contributed by atoms with Gasteiger partial charge in [-0.3, -0.25) is 14.6 Å². The van der Waals surface area contributed by atoms with Crippen molar-refractivity contribution in [3.63, 3.8) is 0 Å². The lowest BCUT2D eigenvalue weighted by atomic mass is 10.1. The highest BCUT2D eigenvalue weighted by molar-refractivity contribution is 5.89. The molecular weight excluding hydrogens is 436 g/mol. The van der Waals surface area contributed by atoms with Crippen LogP contribution in [0, 0.1) is 6.92 Å². The SMILES string of the molecule is Cc1ccc(-c2nccnc2N2CCN(Cc3cnn(C)c3)CC2)cc1.O=C(O)C=CC(=O)O. The fourth-order valence-electron chi connectivity index (χ4n) is 3.55. The molecule has 1 saturated heterocycles. The van der Waals surface area contributed by atoms with Gasteiger partial charge in [0.1, 0.15) is 5.69 Å². The second kappa shape index (κ2) is 11.7. The van der Waals surface area contributed by atoms with Crippen molar-refractivity contribution in [3.8, 4) is 11.3 Å². The highest BCUT2D eigenvalue weighted by atomic mass is 16.4. The van der Waals surface area contributed by atoms with E-state index in [9.17, 15) is 9.59 Å². The first-order valence-electron chi connectivity index (χ1n) is 10.8. The number of anilines is 1. The molecule has 1 aromatic carbocycles. The van der Waals surface area contributed by atoms with Crippen molar-refractivity contribution in [3.05, 3.63) is 72.3 Å². The van der Waals surface area contributed by atoms with Crippen LogP contribution in [0.15, 0.2) is 61.2 Å². The molecule has 1 fully saturated rings. The summed E-state index contributed by atoms with van der Waals surface area (Å²) >= 11 is 0. The van der Waals surface area contributed by atoms with Crippen LogP contribution in [0.25, 0.3) is 11.3 Å². The molecule has 4 rings (SSSR count). The molecule has 3 aromatic rings. The van der Waals surface area contributed by atoms with Gasteiger partial charge in [-0.2, -0.15) is 5.10 Å². The van der Waals surface area contributed by atoms with Gasteiger partial charge in [-0.15, -0.1) is 0 Å². The normalized spacial score (nSPS) is 14.0. The largest absolute Gasteiger partial charge is 0.478 e. The van der Waals surface area contributed by atoms with Gasteiger partial charge in [-0.25, -0.2) is 14.6 Å². The lowest BCUT2D eigenvalue weighted by Gasteiger charge is -2.35. The van der Waals surface area contributed by atoms with Crippen LogP contribution < -0.4 is 4.90 Å². The summed E-state index contributed by atoms with van der Waals surface area (Å²) in [4.78, 5) is 33.2. The summed E-state index contributed by atoms with van der Waals surface area (Å²) in [5, 5.41) is 19.9. The van der Waals surface area contributed by atoms with Crippen molar-refractivity contribution in [2.45, 2.75) is 13.5 Å². The second-order valence-electron chi connectivity index (χ2n) is 7.89. The number of carbonyl (C=O) groups is 2. The van der Waals surface area contributed by atoms with Crippen LogP contribution in [0.2, 0.25) is 0 Å². The molecule has 0 aliphatic carbocycles. The molecule has 0 unspecified atom stereocenters. The second-order valence-corrected chi connectivity index (χ2v) is 7.89. The summed E-state index contributed by atoms with van der Waals surface area (Å²) in [6, 6.07) is 8.50. The molecule has 0 bridgehead atoms. The molecule has 1 aliphatic heterocycles. The van der Waals surface area contributed by atoms with Crippen molar-refractivity contribution in [1.82, 2.24) is 24.6 Å². The number of rotatable bonds is 6. The molecule has 34 heavy (non-hydrogen) atoms. The summed E-state index contributed by atoms with van der Waals surface area (Å²) < 4.78 is 1.86. The monoisotopic (exact) mass is 464 g/mol. The number of carboxylic acids is 2. The minimum atomic E-state index is -1.26. The Balaban J connectivity index is 0.000000350. The van der Waals surface area contributed by atoms with E-state index in [0.29, 0.717) is 12.2 Å². The van der Waals surface area contributed by atoms with Crippen LogP contribution in [-0.2, 0) is 23.2 Å². The minimum Gasteiger partial charge on any atom is -0.478 e. The Kier molecular flexibility index (Phi) is 8.47. The van der Waals surface area contributed by atoms with Crippen LogP contribution in [0.4, 0.5) is 5.82 Å². The van der Waals surface area contributed by atoms with Crippen LogP contribution >= 0.6 is 0 Å². The molecule has 0 atom stereocenters. The van der Waals surface area contributed by atoms with E-state index >= 15 is 0 Å². The van der Waals surface area contributed by atoms with Crippen molar-refractivity contribution in [2.75, 3.05) is 31.1 Å². The van der Waals surface area contributed by atoms with Crippen LogP contribution in [0.3, 0.4) is 0 Å². The molecule has 1 aliphatic rings. The van der Waals surface area contributed by atoms with Gasteiger partial charge in [0.15, 0.2) is 5.82 Å². The molecule has 10 nitrogen and oxygen atoms in total. The number of hydrogen-bond acceptors (Lipinski definition) is 7. The predicted octanol–water partition coefficient (Wildman–Crippen LogP) is 2.22. The predicted molar refractivity (Wildman–Crippen MR) is 127 cm³/mol. The van der Waals surface area contributed by atoms with E-state index in [2.05, 4.69) is 62.3 Å². The molecule has 0 amide bonds. The van der Waals surface area contributed by atoms with E-state index in [1.807, 2.05) is 17.9 Å². The maximum Gasteiger partial charge on any atom is 0.328 e. The van der Waals surface area contributed by atoms with Crippen molar-refractivity contribution in [2.24, 2.45) is 7.05 Å². The van der Waals surface area contributed by atoms with E-state index in [-0.39, 0.29) is 0 Å². The summed E-state index contributed by atoms with van der Waals surface area (Å²) in [7, 11) is 1.96. The number of aryl methyl sites for hydroxylation is 2. The average Bonchev–Trinajstić information content (AvgIpc) is 3.24. The summed E-state index contributed by atoms with van der Waals surface area (Å²) in [6.45, 7) is 6.99. The van der Waals surface area contributed by atoms with Crippen LogP contribution in [0.5, 0.6) is 0 Å². The fraction of sp³-hybridized carbons (Fsp3) is 0.292. The zero-order valence-electron chi connectivity index (χ0n) is 19.2. The van der Waals surface area contributed by atoms with Gasteiger partial charge in [0, 0.05) is 81.6 Å². The van der Waals surface area contributed by atoms with Gasteiger partial charge in [0.05, 0.1) is 6.20 Å². The third-order valence-electron chi connectivity index (χ3n) is 5.21. The molecule has 0 radical (unpaired) electrons. The first kappa shape index (κ1) is 24.6. The quantitative estimate of drug-likeness (QED) is 0.528. The Morgan fingerprint density at radius 3 is 2.15 bits per heavy atom. The molecular formula is C24H28N6O4. The van der Waals surface area contributed by atoms with Gasteiger partial charge in [-0.05, 0) is 6.92 Å². The van der Waals surface area contributed by atoms with E-state index < -0.39 is 11.9 Å². The average molecular weight is 465 g/mol. The Bertz CT molecular complexity index is 1120. The molecule has 10 heteroatoms. The third-order valence-corrected chi connectivity index (χ3v) is 5.21. The van der Waals surface area contributed by atoms with E-state index in [0.717, 1.165) is 49.8 Å². The summed E-state index contributed by atoms with van der Waals surface area (Å²) in [5.41, 5.74) is 4.61. The van der Waals surface area contributed by atoms with Gasteiger partial charge in [0.25, 0.3) is 0 Å². The molecule has 178 valence electrons. The maximum absolute atomic E-state index is 9.55. The van der Waals surface area contributed by atoms with Crippen LogP contribution in [-0.4, -0.2) is 73.0 Å². The number of benzene rings is 1. The smallest absolute Gasteiger partial charge is 0.328 e. The molecule has 0 spiro atoms. The van der Waals surface area contributed by atoms with Crippen molar-refractivity contribution >= 4 is 17.8 Å². The van der Waals surface area contributed by atoms with E-state index in [1.165, 1.54) is 11.1 Å². The highest BCUT2D eigenvalue weighted by Gasteiger charge is 2.21. The Morgan fingerprint density at radius 2 is 1.59 bits per heavy atom. The Morgan fingerprint density at radius 1 is 0.971 bits per heavy atom. The van der Waals surface area contributed by atoms with Gasteiger partial charge >= 0.3 is 11.9 Å².